The Balaban J connectivity index is -0.0000000140. The van der Waals surface area contributed by atoms with Crippen molar-refractivity contribution < 1.29 is 0 Å². The standard InChI is InChI=1S/C4H19N3Si3.C4H18N2Si3.C2H11NSi2.10CH4.H4Si/c1-5-9(3)6-10(4)7(2)8;1-5(7)9(4)6(2)8-3;1-3(4)5-2;;;;;;;;;;;/h5-6,9-10H,1-4,8H3;9H,8H2,1-4,7H3;5H2,1-2,4H3;11*1H4. The lowest BCUT2D eigenvalue weighted by molar-refractivity contribution is 0.703. The number of hydrogen-bond acceptors (Lipinski definition) is 6. The fourth-order valence-electron chi connectivity index (χ4n) is 1.25. The molecule has 238 valence electrons. The summed E-state index contributed by atoms with van der Waals surface area (Å²) in [7, 11) is 12.9. The summed E-state index contributed by atoms with van der Waals surface area (Å²) >= 11 is 0. The molecule has 2 N–H and O–H groups in total. The van der Waals surface area contributed by atoms with E-state index in [2.05, 4.69) is 87.5 Å². The minimum Gasteiger partial charge on any atom is -0.360 e. The van der Waals surface area contributed by atoms with E-state index < -0.39 is 27.4 Å². The van der Waals surface area contributed by atoms with Gasteiger partial charge in [-0.2, -0.15) is 0 Å². The van der Waals surface area contributed by atoms with Crippen LogP contribution >= 0.6 is 0 Å². The van der Waals surface area contributed by atoms with E-state index in [9.17, 15) is 0 Å². The lowest BCUT2D eigenvalue weighted by atomic mass is 11.6. The Labute approximate surface area is 256 Å². The van der Waals surface area contributed by atoms with E-state index in [0.29, 0.717) is 0 Å². The van der Waals surface area contributed by atoms with Crippen LogP contribution in [0.2, 0.25) is 32.7 Å². The van der Waals surface area contributed by atoms with Gasteiger partial charge in [-0.15, -0.1) is 0 Å². The number of nitrogens with zero attached hydrogens (tertiary/aromatic N) is 4. The average Bonchev–Trinajstić information content (AvgIpc) is 2.53. The normalized spacial score (nSPS) is 11.1. The maximum absolute atomic E-state index is 3.66. The second kappa shape index (κ2) is 60.3. The third kappa shape index (κ3) is 72.2. The van der Waals surface area contributed by atoms with E-state index in [1.165, 1.54) is 31.2 Å². The monoisotopic (exact) mass is 669 g/mol. The van der Waals surface area contributed by atoms with Crippen LogP contribution in [0.15, 0.2) is 0 Å². The summed E-state index contributed by atoms with van der Waals surface area (Å²) in [4.78, 5) is 3.30. The highest BCUT2D eigenvalue weighted by atomic mass is 28.4. The van der Waals surface area contributed by atoms with Crippen molar-refractivity contribution in [3.63, 3.8) is 0 Å². The summed E-state index contributed by atoms with van der Waals surface area (Å²) in [6.45, 7) is 11.7. The third-order valence-corrected chi connectivity index (χ3v) is 24.7. The summed E-state index contributed by atoms with van der Waals surface area (Å²) in [5, 5.41) is 0. The maximum Gasteiger partial charge on any atom is 0.175 e. The molecule has 0 spiro atoms. The van der Waals surface area contributed by atoms with Gasteiger partial charge in [0.1, 0.15) is 0 Å². The molecule has 0 radical (unpaired) electrons. The van der Waals surface area contributed by atoms with E-state index in [-0.39, 0.29) is 105 Å². The number of rotatable bonds is 8. The van der Waals surface area contributed by atoms with Gasteiger partial charge >= 0.3 is 0 Å². The molecule has 0 amide bonds. The van der Waals surface area contributed by atoms with Crippen molar-refractivity contribution in [3.8, 4) is 0 Å². The second-order valence-electron chi connectivity index (χ2n) is 6.88. The van der Waals surface area contributed by atoms with Gasteiger partial charge in [0.2, 0.25) is 0 Å². The fraction of sp³-hybridized carbons (Fsp3) is 1.00. The van der Waals surface area contributed by atoms with Crippen molar-refractivity contribution in [2.75, 3.05) is 35.2 Å². The Bertz CT molecular complexity index is 275. The molecule has 0 heterocycles. The van der Waals surface area contributed by atoms with Crippen LogP contribution in [0, 0.1) is 0 Å². The van der Waals surface area contributed by atoms with E-state index in [4.69, 9.17) is 0 Å². The molecular formula is C20H92N6Si9. The van der Waals surface area contributed by atoms with Gasteiger partial charge < -0.3 is 26.6 Å². The second-order valence-corrected chi connectivity index (χ2v) is 27.7. The van der Waals surface area contributed by atoms with Crippen LogP contribution in [0.25, 0.3) is 0 Å². The third-order valence-electron chi connectivity index (χ3n) is 4.22. The zero-order valence-electron chi connectivity index (χ0n) is 18.9. The molecule has 0 bridgehead atoms. The van der Waals surface area contributed by atoms with Gasteiger partial charge in [0.05, 0.1) is 50.6 Å². The largest absolute Gasteiger partial charge is 0.360 e. The van der Waals surface area contributed by atoms with Gasteiger partial charge in [-0.1, -0.05) is 87.4 Å². The minimum absolute atomic E-state index is 0. The van der Waals surface area contributed by atoms with Crippen molar-refractivity contribution >= 4 is 88.9 Å². The molecule has 3 unspecified atom stereocenters. The zero-order chi connectivity index (χ0) is 19.9. The minimum atomic E-state index is -0.753. The van der Waals surface area contributed by atoms with Gasteiger partial charge in [0.15, 0.2) is 27.4 Å². The lowest BCUT2D eigenvalue weighted by Crippen LogP contribution is -2.55. The summed E-state index contributed by atoms with van der Waals surface area (Å²) in [5.41, 5.74) is 0. The predicted molar refractivity (Wildman–Crippen MR) is 220 cm³/mol. The van der Waals surface area contributed by atoms with Crippen LogP contribution in [0.1, 0.15) is 74.3 Å². The predicted octanol–water partition coefficient (Wildman–Crippen LogP) is -0.939. The average molecular weight is 670 g/mol. The van der Waals surface area contributed by atoms with Crippen molar-refractivity contribution in [2.24, 2.45) is 0 Å². The zero-order valence-corrected chi connectivity index (χ0v) is 31.2. The Morgan fingerprint density at radius 3 is 1.03 bits per heavy atom. The van der Waals surface area contributed by atoms with Crippen molar-refractivity contribution in [1.29, 1.82) is 0 Å². The molecule has 0 aromatic heterocycles. The maximum atomic E-state index is 3.66. The quantitative estimate of drug-likeness (QED) is 0.326. The Hall–Kier alpha value is 1.71. The molecule has 0 saturated carbocycles. The SMILES string of the molecule is C.C.C.C.C.C.C.C.C.C.CN[SiH](C)N[SiH](C)N(C)[SiH3].C[SiH2]N(C)[SiH3].C[SiH2]N(C)[SiH](C)N(C)[SiH3].[SiH4]. The summed E-state index contributed by atoms with van der Waals surface area (Å²) < 4.78 is 13.6. The molecule has 0 rings (SSSR count). The van der Waals surface area contributed by atoms with E-state index in [0.717, 1.165) is 0 Å². The van der Waals surface area contributed by atoms with Crippen molar-refractivity contribution in [1.82, 2.24) is 26.6 Å². The molecule has 0 fully saturated rings. The number of hydrogen-bond donors (Lipinski definition) is 2. The molecule has 6 nitrogen and oxygen atoms in total. The number of nitrogens with one attached hydrogen (secondary N) is 2. The molecule has 15 heteroatoms. The first-order valence-corrected chi connectivity index (χ1v) is 22.6. The van der Waals surface area contributed by atoms with Crippen LogP contribution < -0.4 is 9.63 Å². The van der Waals surface area contributed by atoms with Gasteiger partial charge in [-0.3, -0.25) is 0 Å². The highest BCUT2D eigenvalue weighted by molar-refractivity contribution is 6.71. The van der Waals surface area contributed by atoms with Crippen LogP contribution in [0.3, 0.4) is 0 Å². The molecule has 3 atom stereocenters. The van der Waals surface area contributed by atoms with Crippen LogP contribution in [0.5, 0.6) is 0 Å². The Kier molecular flexibility index (Phi) is 156. The molecule has 0 aliphatic heterocycles. The first-order chi connectivity index (χ1) is 10.9. The smallest absolute Gasteiger partial charge is 0.175 e. The molecule has 0 aromatic carbocycles. The molecule has 0 aromatic rings. The molecule has 0 aliphatic carbocycles. The first-order valence-electron chi connectivity index (χ1n) is 9.05. The molecule has 35 heavy (non-hydrogen) atoms. The van der Waals surface area contributed by atoms with Crippen molar-refractivity contribution in [3.05, 3.63) is 0 Å². The van der Waals surface area contributed by atoms with Gasteiger partial charge in [-0.05, 0) is 65.8 Å². The van der Waals surface area contributed by atoms with Crippen LogP contribution in [-0.2, 0) is 0 Å². The fourth-order valence-corrected chi connectivity index (χ4v) is 13.4. The Morgan fingerprint density at radius 1 is 0.629 bits per heavy atom. The van der Waals surface area contributed by atoms with Gasteiger partial charge in [0.25, 0.3) is 0 Å². The van der Waals surface area contributed by atoms with E-state index >= 15 is 0 Å². The highest BCUT2D eigenvalue weighted by Gasteiger charge is 2.10. The van der Waals surface area contributed by atoms with Crippen LogP contribution in [0.4, 0.5) is 0 Å². The van der Waals surface area contributed by atoms with Crippen molar-refractivity contribution in [2.45, 2.75) is 107 Å². The first kappa shape index (κ1) is 90.8. The van der Waals surface area contributed by atoms with E-state index in [1.807, 2.05) is 7.05 Å². The topological polar surface area (TPSA) is 37.0 Å². The summed E-state index contributed by atoms with van der Waals surface area (Å²) in [6, 6.07) is 0. The lowest BCUT2D eigenvalue weighted by Gasteiger charge is -2.27. The van der Waals surface area contributed by atoms with Gasteiger partial charge in [-0.25, -0.2) is 0 Å². The summed E-state index contributed by atoms with van der Waals surface area (Å²) in [6.07, 6.45) is 0. The van der Waals surface area contributed by atoms with E-state index in [1.54, 1.807) is 0 Å². The highest BCUT2D eigenvalue weighted by Crippen LogP contribution is 1.89. The molecule has 0 aliphatic rings. The van der Waals surface area contributed by atoms with Gasteiger partial charge in [0, 0.05) is 0 Å². The molecular weight excluding hydrogens is 577 g/mol. The Morgan fingerprint density at radius 2 is 0.914 bits per heavy atom. The summed E-state index contributed by atoms with van der Waals surface area (Å²) in [5.74, 6) is 0. The van der Waals surface area contributed by atoms with Crippen LogP contribution in [-0.4, -0.2) is 141 Å². The molecule has 0 saturated heterocycles.